The molecule has 0 radical (unpaired) electrons. The first-order chi connectivity index (χ1) is 7.75. The fourth-order valence-electron chi connectivity index (χ4n) is 1.67. The van der Waals surface area contributed by atoms with Crippen molar-refractivity contribution in [2.24, 2.45) is 5.92 Å². The molecule has 86 valence electrons. The monoisotopic (exact) mass is 222 g/mol. The van der Waals surface area contributed by atoms with Crippen molar-refractivity contribution in [3.8, 4) is 5.75 Å². The smallest absolute Gasteiger partial charge is 0.488 e. The minimum atomic E-state index is -1.42. The summed E-state index contributed by atoms with van der Waals surface area (Å²) in [5.74, 6) is 1.22. The SMILES string of the molecule is OB(O)c1ccc(OC[C@H]2CCOC2)cc1. The molecule has 0 amide bonds. The summed E-state index contributed by atoms with van der Waals surface area (Å²) in [6, 6.07) is 6.77. The average Bonchev–Trinajstić information content (AvgIpc) is 2.80. The van der Waals surface area contributed by atoms with Gasteiger partial charge < -0.3 is 19.5 Å². The van der Waals surface area contributed by atoms with E-state index in [1.54, 1.807) is 24.3 Å². The zero-order valence-corrected chi connectivity index (χ0v) is 9.00. The van der Waals surface area contributed by atoms with E-state index in [0.29, 0.717) is 18.0 Å². The highest BCUT2D eigenvalue weighted by Gasteiger charge is 2.16. The molecule has 1 fully saturated rings. The summed E-state index contributed by atoms with van der Waals surface area (Å²) < 4.78 is 10.8. The van der Waals surface area contributed by atoms with Crippen LogP contribution in [-0.2, 0) is 4.74 Å². The van der Waals surface area contributed by atoms with Crippen molar-refractivity contribution in [3.63, 3.8) is 0 Å². The Bertz CT molecular complexity index is 319. The summed E-state index contributed by atoms with van der Waals surface area (Å²) in [6.07, 6.45) is 1.05. The van der Waals surface area contributed by atoms with E-state index in [9.17, 15) is 0 Å². The van der Waals surface area contributed by atoms with Gasteiger partial charge in [-0.15, -0.1) is 0 Å². The van der Waals surface area contributed by atoms with Crippen molar-refractivity contribution in [2.75, 3.05) is 19.8 Å². The Morgan fingerprint density at radius 1 is 1.31 bits per heavy atom. The number of rotatable bonds is 4. The Kier molecular flexibility index (Phi) is 3.82. The predicted octanol–water partition coefficient (Wildman–Crippen LogP) is -0.218. The lowest BCUT2D eigenvalue weighted by Crippen LogP contribution is -2.29. The molecule has 0 bridgehead atoms. The van der Waals surface area contributed by atoms with Crippen LogP contribution in [0.25, 0.3) is 0 Å². The van der Waals surface area contributed by atoms with Crippen LogP contribution >= 0.6 is 0 Å². The lowest BCUT2D eigenvalue weighted by atomic mass is 9.80. The molecular weight excluding hydrogens is 207 g/mol. The first kappa shape index (κ1) is 11.5. The Morgan fingerprint density at radius 3 is 2.62 bits per heavy atom. The number of hydrogen-bond donors (Lipinski definition) is 2. The van der Waals surface area contributed by atoms with E-state index in [-0.39, 0.29) is 0 Å². The van der Waals surface area contributed by atoms with E-state index in [2.05, 4.69) is 0 Å². The standard InChI is InChI=1S/C11H15BO4/c13-12(14)10-1-3-11(4-2-10)16-8-9-5-6-15-7-9/h1-4,9,13-14H,5-8H2/t9-/m0/s1. The maximum absolute atomic E-state index is 8.92. The van der Waals surface area contributed by atoms with Crippen molar-refractivity contribution >= 4 is 12.6 Å². The first-order valence-electron chi connectivity index (χ1n) is 5.42. The summed E-state index contributed by atoms with van der Waals surface area (Å²) in [7, 11) is -1.42. The Hall–Kier alpha value is -1.04. The summed E-state index contributed by atoms with van der Waals surface area (Å²) in [5, 5.41) is 17.8. The van der Waals surface area contributed by atoms with Gasteiger partial charge in [-0.1, -0.05) is 12.1 Å². The van der Waals surface area contributed by atoms with Gasteiger partial charge in [0.15, 0.2) is 0 Å². The topological polar surface area (TPSA) is 58.9 Å². The molecule has 1 aliphatic rings. The quantitative estimate of drug-likeness (QED) is 0.691. The zero-order chi connectivity index (χ0) is 11.4. The van der Waals surface area contributed by atoms with Gasteiger partial charge in [0.05, 0.1) is 13.2 Å². The molecule has 0 saturated carbocycles. The Labute approximate surface area is 95.0 Å². The lowest BCUT2D eigenvalue weighted by molar-refractivity contribution is 0.167. The molecule has 1 aromatic rings. The molecule has 1 atom stereocenters. The Balaban J connectivity index is 1.84. The van der Waals surface area contributed by atoms with E-state index in [0.717, 1.165) is 25.4 Å². The fraction of sp³-hybridized carbons (Fsp3) is 0.455. The summed E-state index contributed by atoms with van der Waals surface area (Å²) in [6.45, 7) is 2.25. The minimum absolute atomic E-state index is 0.469. The normalized spacial score (nSPS) is 19.8. The van der Waals surface area contributed by atoms with Gasteiger partial charge >= 0.3 is 7.12 Å². The number of ether oxygens (including phenoxy) is 2. The highest BCUT2D eigenvalue weighted by atomic mass is 16.5. The van der Waals surface area contributed by atoms with Gasteiger partial charge in [-0.05, 0) is 24.0 Å². The predicted molar refractivity (Wildman–Crippen MR) is 60.7 cm³/mol. The van der Waals surface area contributed by atoms with Gasteiger partial charge in [-0.3, -0.25) is 0 Å². The van der Waals surface area contributed by atoms with E-state index in [4.69, 9.17) is 19.5 Å². The minimum Gasteiger partial charge on any atom is -0.493 e. The molecule has 16 heavy (non-hydrogen) atoms. The van der Waals surface area contributed by atoms with Crippen LogP contribution in [0.5, 0.6) is 5.75 Å². The van der Waals surface area contributed by atoms with Crippen LogP contribution in [-0.4, -0.2) is 37.0 Å². The van der Waals surface area contributed by atoms with Crippen LogP contribution in [0.15, 0.2) is 24.3 Å². The molecule has 1 aromatic carbocycles. The van der Waals surface area contributed by atoms with E-state index < -0.39 is 7.12 Å². The van der Waals surface area contributed by atoms with E-state index in [1.165, 1.54) is 0 Å². The largest absolute Gasteiger partial charge is 0.493 e. The molecule has 2 N–H and O–H groups in total. The van der Waals surface area contributed by atoms with Crippen molar-refractivity contribution in [3.05, 3.63) is 24.3 Å². The molecule has 0 aromatic heterocycles. The maximum atomic E-state index is 8.92. The molecule has 0 unspecified atom stereocenters. The Morgan fingerprint density at radius 2 is 2.06 bits per heavy atom. The molecular formula is C11H15BO4. The van der Waals surface area contributed by atoms with Crippen molar-refractivity contribution < 1.29 is 19.5 Å². The van der Waals surface area contributed by atoms with E-state index in [1.807, 2.05) is 0 Å². The maximum Gasteiger partial charge on any atom is 0.488 e. The second-order valence-electron chi connectivity index (χ2n) is 3.98. The summed E-state index contributed by atoms with van der Waals surface area (Å²) in [5.41, 5.74) is 0.469. The van der Waals surface area contributed by atoms with Crippen molar-refractivity contribution in [1.29, 1.82) is 0 Å². The average molecular weight is 222 g/mol. The second kappa shape index (κ2) is 5.34. The molecule has 2 rings (SSSR count). The van der Waals surface area contributed by atoms with Crippen LogP contribution in [0.4, 0.5) is 0 Å². The van der Waals surface area contributed by atoms with E-state index >= 15 is 0 Å². The van der Waals surface area contributed by atoms with Crippen LogP contribution < -0.4 is 10.2 Å². The van der Waals surface area contributed by atoms with Gasteiger partial charge in [0.2, 0.25) is 0 Å². The lowest BCUT2D eigenvalue weighted by Gasteiger charge is -2.10. The molecule has 4 nitrogen and oxygen atoms in total. The third kappa shape index (κ3) is 2.98. The van der Waals surface area contributed by atoms with Crippen LogP contribution in [0, 0.1) is 5.92 Å². The van der Waals surface area contributed by atoms with Crippen LogP contribution in [0.1, 0.15) is 6.42 Å². The highest BCUT2D eigenvalue weighted by molar-refractivity contribution is 6.58. The molecule has 1 heterocycles. The third-order valence-electron chi connectivity index (χ3n) is 2.69. The van der Waals surface area contributed by atoms with Gasteiger partial charge in [0.1, 0.15) is 5.75 Å². The zero-order valence-electron chi connectivity index (χ0n) is 9.00. The molecule has 1 aliphatic heterocycles. The summed E-state index contributed by atoms with van der Waals surface area (Å²) >= 11 is 0. The molecule has 0 aliphatic carbocycles. The van der Waals surface area contributed by atoms with Crippen LogP contribution in [0.3, 0.4) is 0 Å². The van der Waals surface area contributed by atoms with Crippen LogP contribution in [0.2, 0.25) is 0 Å². The second-order valence-corrected chi connectivity index (χ2v) is 3.98. The first-order valence-corrected chi connectivity index (χ1v) is 5.42. The van der Waals surface area contributed by atoms with Crippen molar-refractivity contribution in [2.45, 2.75) is 6.42 Å². The van der Waals surface area contributed by atoms with Gasteiger partial charge in [0.25, 0.3) is 0 Å². The van der Waals surface area contributed by atoms with Gasteiger partial charge in [-0.2, -0.15) is 0 Å². The third-order valence-corrected chi connectivity index (χ3v) is 2.69. The molecule has 5 heteroatoms. The highest BCUT2D eigenvalue weighted by Crippen LogP contribution is 2.15. The summed E-state index contributed by atoms with van der Waals surface area (Å²) in [4.78, 5) is 0. The van der Waals surface area contributed by atoms with Crippen molar-refractivity contribution in [1.82, 2.24) is 0 Å². The number of hydrogen-bond acceptors (Lipinski definition) is 4. The number of benzene rings is 1. The molecule has 1 saturated heterocycles. The van der Waals surface area contributed by atoms with Gasteiger partial charge in [-0.25, -0.2) is 0 Å². The fourth-order valence-corrected chi connectivity index (χ4v) is 1.67. The molecule has 0 spiro atoms. The van der Waals surface area contributed by atoms with Gasteiger partial charge in [0, 0.05) is 12.5 Å².